The SMILES string of the molecule is Cl.O=C(OCC1CCCN1)c1ccccc1O. The van der Waals surface area contributed by atoms with Gasteiger partial charge in [0.05, 0.1) is 0 Å². The van der Waals surface area contributed by atoms with Crippen molar-refractivity contribution in [2.45, 2.75) is 18.9 Å². The van der Waals surface area contributed by atoms with Crippen LogP contribution in [0.5, 0.6) is 5.75 Å². The van der Waals surface area contributed by atoms with Crippen molar-refractivity contribution in [2.75, 3.05) is 13.2 Å². The lowest BCUT2D eigenvalue weighted by Crippen LogP contribution is -2.28. The third-order valence-electron chi connectivity index (χ3n) is 2.70. The van der Waals surface area contributed by atoms with Crippen LogP contribution in [-0.2, 0) is 4.74 Å². The Morgan fingerprint density at radius 3 is 2.88 bits per heavy atom. The van der Waals surface area contributed by atoms with Gasteiger partial charge in [-0.2, -0.15) is 0 Å². The van der Waals surface area contributed by atoms with E-state index in [9.17, 15) is 9.90 Å². The van der Waals surface area contributed by atoms with Crippen LogP contribution in [0, 0.1) is 0 Å². The normalized spacial score (nSPS) is 18.5. The van der Waals surface area contributed by atoms with Gasteiger partial charge in [0.25, 0.3) is 0 Å². The van der Waals surface area contributed by atoms with Crippen LogP contribution in [0.1, 0.15) is 23.2 Å². The number of carbonyl (C=O) groups is 1. The van der Waals surface area contributed by atoms with Crippen LogP contribution in [0.4, 0.5) is 0 Å². The Labute approximate surface area is 106 Å². The van der Waals surface area contributed by atoms with E-state index < -0.39 is 5.97 Å². The first-order valence-electron chi connectivity index (χ1n) is 5.46. The van der Waals surface area contributed by atoms with Gasteiger partial charge >= 0.3 is 5.97 Å². The molecule has 1 atom stereocenters. The summed E-state index contributed by atoms with van der Waals surface area (Å²) in [6.07, 6.45) is 2.16. The number of hydrogen-bond acceptors (Lipinski definition) is 4. The molecule has 0 spiro atoms. The fourth-order valence-corrected chi connectivity index (χ4v) is 1.80. The van der Waals surface area contributed by atoms with Gasteiger partial charge in [-0.25, -0.2) is 4.79 Å². The van der Waals surface area contributed by atoms with E-state index in [0.717, 1.165) is 19.4 Å². The minimum Gasteiger partial charge on any atom is -0.507 e. The van der Waals surface area contributed by atoms with Crippen molar-refractivity contribution < 1.29 is 14.6 Å². The highest BCUT2D eigenvalue weighted by molar-refractivity contribution is 5.92. The minimum atomic E-state index is -0.466. The Hall–Kier alpha value is -1.26. The molecule has 0 aliphatic carbocycles. The zero-order valence-corrected chi connectivity index (χ0v) is 10.2. The smallest absolute Gasteiger partial charge is 0.341 e. The van der Waals surface area contributed by atoms with E-state index in [4.69, 9.17) is 4.74 Å². The van der Waals surface area contributed by atoms with E-state index in [2.05, 4.69) is 5.32 Å². The first kappa shape index (κ1) is 13.8. The Kier molecular flexibility index (Phi) is 5.25. The van der Waals surface area contributed by atoms with Crippen molar-refractivity contribution in [3.05, 3.63) is 29.8 Å². The van der Waals surface area contributed by atoms with Crippen LogP contribution in [0.25, 0.3) is 0 Å². The predicted octanol–water partition coefficient (Wildman–Crippen LogP) is 1.72. The molecule has 0 amide bonds. The molecule has 2 N–H and O–H groups in total. The van der Waals surface area contributed by atoms with Gasteiger partial charge in [0.15, 0.2) is 0 Å². The number of phenolic OH excluding ortho intramolecular Hbond substituents is 1. The largest absolute Gasteiger partial charge is 0.507 e. The molecule has 0 bridgehead atoms. The maximum Gasteiger partial charge on any atom is 0.341 e. The van der Waals surface area contributed by atoms with Crippen molar-refractivity contribution in [2.24, 2.45) is 0 Å². The topological polar surface area (TPSA) is 58.6 Å². The third kappa shape index (κ3) is 3.61. The summed E-state index contributed by atoms with van der Waals surface area (Å²) in [6, 6.07) is 6.66. The van der Waals surface area contributed by atoms with Crippen LogP contribution in [0.15, 0.2) is 24.3 Å². The third-order valence-corrected chi connectivity index (χ3v) is 2.70. The van der Waals surface area contributed by atoms with Gasteiger partial charge in [-0.3, -0.25) is 0 Å². The highest BCUT2D eigenvalue weighted by Gasteiger charge is 2.17. The summed E-state index contributed by atoms with van der Waals surface area (Å²) >= 11 is 0. The second kappa shape index (κ2) is 6.47. The summed E-state index contributed by atoms with van der Waals surface area (Å²) in [5.74, 6) is -0.501. The van der Waals surface area contributed by atoms with E-state index in [1.807, 2.05) is 0 Å². The zero-order chi connectivity index (χ0) is 11.4. The van der Waals surface area contributed by atoms with Crippen molar-refractivity contribution >= 4 is 18.4 Å². The molecule has 1 aromatic carbocycles. The number of halogens is 1. The number of ether oxygens (including phenoxy) is 1. The van der Waals surface area contributed by atoms with E-state index in [1.165, 1.54) is 6.07 Å². The lowest BCUT2D eigenvalue weighted by Gasteiger charge is -2.11. The second-order valence-corrected chi connectivity index (χ2v) is 3.91. The number of esters is 1. The molecule has 1 saturated heterocycles. The number of carbonyl (C=O) groups excluding carboxylic acids is 1. The zero-order valence-electron chi connectivity index (χ0n) is 9.39. The lowest BCUT2D eigenvalue weighted by atomic mass is 10.2. The number of phenols is 1. The molecule has 0 aromatic heterocycles. The van der Waals surface area contributed by atoms with Crippen LogP contribution in [0.2, 0.25) is 0 Å². The fourth-order valence-electron chi connectivity index (χ4n) is 1.80. The van der Waals surface area contributed by atoms with E-state index in [0.29, 0.717) is 6.61 Å². The van der Waals surface area contributed by atoms with E-state index in [1.54, 1.807) is 18.2 Å². The first-order valence-corrected chi connectivity index (χ1v) is 5.46. The summed E-state index contributed by atoms with van der Waals surface area (Å²) in [6.45, 7) is 1.35. The molecule has 0 saturated carbocycles. The summed E-state index contributed by atoms with van der Waals surface area (Å²) < 4.78 is 5.13. The standard InChI is InChI=1S/C12H15NO3.ClH/c14-11-6-2-1-5-10(11)12(15)16-8-9-4-3-7-13-9;/h1-2,5-6,9,13-14H,3-4,7-8H2;1H. The van der Waals surface area contributed by atoms with E-state index >= 15 is 0 Å². The molecule has 2 rings (SSSR count). The average molecular weight is 258 g/mol. The quantitative estimate of drug-likeness (QED) is 0.810. The van der Waals surface area contributed by atoms with Crippen molar-refractivity contribution in [3.8, 4) is 5.75 Å². The molecule has 17 heavy (non-hydrogen) atoms. The Balaban J connectivity index is 0.00000144. The molecule has 4 nitrogen and oxygen atoms in total. The number of hydrogen-bond donors (Lipinski definition) is 2. The van der Waals surface area contributed by atoms with Gasteiger partial charge in [-0.15, -0.1) is 12.4 Å². The number of benzene rings is 1. The molecule has 1 unspecified atom stereocenters. The number of para-hydroxylation sites is 1. The Morgan fingerprint density at radius 1 is 1.47 bits per heavy atom. The first-order chi connectivity index (χ1) is 7.77. The number of aromatic hydroxyl groups is 1. The number of rotatable bonds is 3. The molecule has 1 heterocycles. The molecule has 1 aliphatic rings. The molecular weight excluding hydrogens is 242 g/mol. The predicted molar refractivity (Wildman–Crippen MR) is 66.7 cm³/mol. The molecular formula is C12H16ClNO3. The van der Waals surface area contributed by atoms with Crippen molar-refractivity contribution in [1.82, 2.24) is 5.32 Å². The summed E-state index contributed by atoms with van der Waals surface area (Å²) in [7, 11) is 0. The maximum atomic E-state index is 11.6. The summed E-state index contributed by atoms with van der Waals surface area (Å²) in [5, 5.41) is 12.7. The Morgan fingerprint density at radius 2 is 2.24 bits per heavy atom. The van der Waals surface area contributed by atoms with E-state index in [-0.39, 0.29) is 29.8 Å². The molecule has 1 aliphatic heterocycles. The maximum absolute atomic E-state index is 11.6. The highest BCUT2D eigenvalue weighted by Crippen LogP contribution is 2.17. The van der Waals surface area contributed by atoms with Crippen LogP contribution < -0.4 is 5.32 Å². The molecule has 1 aromatic rings. The fraction of sp³-hybridized carbons (Fsp3) is 0.417. The van der Waals surface area contributed by atoms with Crippen LogP contribution in [0.3, 0.4) is 0 Å². The van der Waals surface area contributed by atoms with Gasteiger partial charge in [0.2, 0.25) is 0 Å². The Bertz CT molecular complexity index is 378. The minimum absolute atomic E-state index is 0. The molecule has 1 fully saturated rings. The van der Waals surface area contributed by atoms with Crippen LogP contribution in [-0.4, -0.2) is 30.3 Å². The van der Waals surface area contributed by atoms with Crippen molar-refractivity contribution in [3.63, 3.8) is 0 Å². The monoisotopic (exact) mass is 257 g/mol. The molecule has 94 valence electrons. The van der Waals surface area contributed by atoms with Gasteiger partial charge in [0.1, 0.15) is 17.9 Å². The molecule has 0 radical (unpaired) electrons. The van der Waals surface area contributed by atoms with Crippen molar-refractivity contribution in [1.29, 1.82) is 0 Å². The number of nitrogens with one attached hydrogen (secondary N) is 1. The second-order valence-electron chi connectivity index (χ2n) is 3.91. The highest BCUT2D eigenvalue weighted by atomic mass is 35.5. The summed E-state index contributed by atoms with van der Waals surface area (Å²) in [4.78, 5) is 11.6. The molecule has 5 heteroatoms. The average Bonchev–Trinajstić information content (AvgIpc) is 2.79. The lowest BCUT2D eigenvalue weighted by molar-refractivity contribution is 0.0470. The van der Waals surface area contributed by atoms with Gasteiger partial charge in [-0.05, 0) is 31.5 Å². The van der Waals surface area contributed by atoms with Crippen LogP contribution >= 0.6 is 12.4 Å². The summed E-state index contributed by atoms with van der Waals surface area (Å²) in [5.41, 5.74) is 0.223. The van der Waals surface area contributed by atoms with Gasteiger partial charge < -0.3 is 15.2 Å². The van der Waals surface area contributed by atoms with Gasteiger partial charge in [-0.1, -0.05) is 12.1 Å². The van der Waals surface area contributed by atoms with Gasteiger partial charge in [0, 0.05) is 6.04 Å².